The lowest BCUT2D eigenvalue weighted by Gasteiger charge is -2.08. The van der Waals surface area contributed by atoms with Gasteiger partial charge in [0, 0.05) is 11.6 Å². The molecule has 33 heavy (non-hydrogen) atoms. The molecule has 0 radical (unpaired) electrons. The molecule has 1 aromatic heterocycles. The van der Waals surface area contributed by atoms with Crippen molar-refractivity contribution in [1.29, 1.82) is 0 Å². The van der Waals surface area contributed by atoms with Crippen molar-refractivity contribution in [3.05, 3.63) is 120 Å². The molecule has 1 aliphatic heterocycles. The van der Waals surface area contributed by atoms with Gasteiger partial charge in [0.25, 0.3) is 5.82 Å². The average molecular weight is 436 g/mol. The Labute approximate surface area is 194 Å². The molecule has 0 aliphatic carbocycles. The van der Waals surface area contributed by atoms with Gasteiger partial charge in [0.2, 0.25) is 0 Å². The number of rotatable bonds is 6. The largest absolute Gasteiger partial charge is 0.497 e. The highest BCUT2D eigenvalue weighted by Crippen LogP contribution is 2.29. The zero-order chi connectivity index (χ0) is 22.6. The van der Waals surface area contributed by atoms with Gasteiger partial charge in [0.15, 0.2) is 0 Å². The van der Waals surface area contributed by atoms with E-state index in [4.69, 9.17) is 9.47 Å². The molecule has 4 aromatic rings. The lowest BCUT2D eigenvalue weighted by molar-refractivity contribution is -0.685. The maximum absolute atomic E-state index is 5.37. The number of hydrogen-bond donors (Lipinski definition) is 0. The van der Waals surface area contributed by atoms with Crippen LogP contribution in [0.25, 0.3) is 17.2 Å². The molecule has 164 valence electrons. The van der Waals surface area contributed by atoms with Gasteiger partial charge in [-0.3, -0.25) is 0 Å². The summed E-state index contributed by atoms with van der Waals surface area (Å²) in [5.74, 6) is 2.89. The average Bonchev–Trinajstić information content (AvgIpc) is 3.12. The summed E-state index contributed by atoms with van der Waals surface area (Å²) in [6.07, 6.45) is 8.91. The number of fused-ring (bicyclic) bond motifs is 1. The highest BCUT2D eigenvalue weighted by atomic mass is 16.5. The molecule has 0 amide bonds. The SMILES string of the molecule is COc1ccc(C2=Cc3n(Cc4ccccc4)cc[n+]3CC(c3ccc(OC)cc3)=C2)cc1. The van der Waals surface area contributed by atoms with E-state index < -0.39 is 0 Å². The third-order valence-electron chi connectivity index (χ3n) is 6.05. The third-order valence-corrected chi connectivity index (χ3v) is 6.05. The number of aromatic nitrogens is 2. The van der Waals surface area contributed by atoms with Crippen molar-refractivity contribution >= 4 is 17.2 Å². The van der Waals surface area contributed by atoms with Crippen LogP contribution in [0.2, 0.25) is 0 Å². The lowest BCUT2D eigenvalue weighted by Crippen LogP contribution is -2.35. The molecule has 0 bridgehead atoms. The van der Waals surface area contributed by atoms with Gasteiger partial charge in [0.05, 0.1) is 14.2 Å². The smallest absolute Gasteiger partial charge is 0.282 e. The van der Waals surface area contributed by atoms with E-state index in [1.165, 1.54) is 28.1 Å². The van der Waals surface area contributed by atoms with Crippen LogP contribution in [0.15, 0.2) is 97.3 Å². The highest BCUT2D eigenvalue weighted by molar-refractivity contribution is 5.92. The predicted molar refractivity (Wildman–Crippen MR) is 132 cm³/mol. The van der Waals surface area contributed by atoms with Gasteiger partial charge in [-0.2, -0.15) is 0 Å². The molecule has 0 spiro atoms. The van der Waals surface area contributed by atoms with E-state index in [9.17, 15) is 0 Å². The summed E-state index contributed by atoms with van der Waals surface area (Å²) in [5, 5.41) is 0. The predicted octanol–water partition coefficient (Wildman–Crippen LogP) is 5.48. The van der Waals surface area contributed by atoms with Crippen molar-refractivity contribution in [1.82, 2.24) is 4.57 Å². The summed E-state index contributed by atoms with van der Waals surface area (Å²) in [5.41, 5.74) is 6.04. The van der Waals surface area contributed by atoms with Gasteiger partial charge in [-0.05, 0) is 52.6 Å². The van der Waals surface area contributed by atoms with Gasteiger partial charge < -0.3 is 9.47 Å². The summed E-state index contributed by atoms with van der Waals surface area (Å²) in [7, 11) is 3.39. The Kier molecular flexibility index (Phi) is 5.81. The number of allylic oxidation sites excluding steroid dienone is 3. The fourth-order valence-electron chi connectivity index (χ4n) is 4.22. The van der Waals surface area contributed by atoms with Crippen LogP contribution in [-0.2, 0) is 13.1 Å². The normalized spacial score (nSPS) is 12.9. The fourth-order valence-corrected chi connectivity index (χ4v) is 4.22. The van der Waals surface area contributed by atoms with Crippen LogP contribution in [-0.4, -0.2) is 18.8 Å². The minimum atomic E-state index is 0.791. The van der Waals surface area contributed by atoms with Gasteiger partial charge in [-0.1, -0.05) is 54.6 Å². The van der Waals surface area contributed by atoms with Gasteiger partial charge in [-0.25, -0.2) is 9.13 Å². The number of imidazole rings is 1. The molecule has 3 aromatic carbocycles. The third kappa shape index (κ3) is 4.46. The van der Waals surface area contributed by atoms with E-state index in [0.29, 0.717) is 0 Å². The van der Waals surface area contributed by atoms with Crippen molar-refractivity contribution in [2.75, 3.05) is 14.2 Å². The second-order valence-corrected chi connectivity index (χ2v) is 8.12. The van der Waals surface area contributed by atoms with Crippen LogP contribution < -0.4 is 14.0 Å². The Hall–Kier alpha value is -4.05. The Balaban J connectivity index is 1.59. The Bertz CT molecular complexity index is 1300. The van der Waals surface area contributed by atoms with Crippen LogP contribution >= 0.6 is 0 Å². The zero-order valence-corrected chi connectivity index (χ0v) is 18.9. The van der Waals surface area contributed by atoms with E-state index >= 15 is 0 Å². The number of nitrogens with zero attached hydrogens (tertiary/aromatic N) is 2. The minimum Gasteiger partial charge on any atom is -0.497 e. The van der Waals surface area contributed by atoms with Crippen molar-refractivity contribution < 1.29 is 14.0 Å². The van der Waals surface area contributed by atoms with Crippen molar-refractivity contribution in [2.24, 2.45) is 0 Å². The monoisotopic (exact) mass is 435 g/mol. The van der Waals surface area contributed by atoms with Crippen LogP contribution in [0.4, 0.5) is 0 Å². The molecule has 0 saturated heterocycles. The summed E-state index contributed by atoms with van der Waals surface area (Å²) < 4.78 is 15.4. The van der Waals surface area contributed by atoms with Crippen LogP contribution in [0, 0.1) is 0 Å². The second-order valence-electron chi connectivity index (χ2n) is 8.12. The maximum atomic E-state index is 5.37. The summed E-state index contributed by atoms with van der Waals surface area (Å²) in [6.45, 7) is 1.62. The Morgan fingerprint density at radius 2 is 1.39 bits per heavy atom. The number of methoxy groups -OCH3 is 2. The van der Waals surface area contributed by atoms with E-state index in [2.05, 4.69) is 88.3 Å². The number of ether oxygens (including phenoxy) is 2. The molecule has 4 heteroatoms. The minimum absolute atomic E-state index is 0.791. The summed E-state index contributed by atoms with van der Waals surface area (Å²) in [4.78, 5) is 0. The molecule has 5 rings (SSSR count). The number of benzene rings is 3. The molecule has 2 heterocycles. The van der Waals surface area contributed by atoms with Crippen LogP contribution in [0.5, 0.6) is 11.5 Å². The fraction of sp³-hybridized carbons (Fsp3) is 0.138. The maximum Gasteiger partial charge on any atom is 0.282 e. The van der Waals surface area contributed by atoms with Crippen molar-refractivity contribution in [2.45, 2.75) is 13.1 Å². The number of hydrogen-bond acceptors (Lipinski definition) is 2. The summed E-state index contributed by atoms with van der Waals surface area (Å²) in [6, 6.07) is 27.1. The molecule has 0 N–H and O–H groups in total. The van der Waals surface area contributed by atoms with E-state index in [-0.39, 0.29) is 0 Å². The van der Waals surface area contributed by atoms with E-state index in [0.717, 1.165) is 30.2 Å². The van der Waals surface area contributed by atoms with E-state index in [1.807, 2.05) is 24.3 Å². The molecule has 0 fully saturated rings. The Morgan fingerprint density at radius 3 is 2.03 bits per heavy atom. The topological polar surface area (TPSA) is 27.3 Å². The standard InChI is InChI=1S/C29H27N2O2/c1-32-27-12-8-23(9-13-27)25-18-26(24-10-14-28(33-2)15-11-24)21-31-17-16-30(29(31)19-25)20-22-6-4-3-5-7-22/h3-19H,20-21H2,1-2H3/q+1. The first-order valence-corrected chi connectivity index (χ1v) is 11.1. The molecule has 4 nitrogen and oxygen atoms in total. The first-order chi connectivity index (χ1) is 16.2. The Morgan fingerprint density at radius 1 is 0.758 bits per heavy atom. The second kappa shape index (κ2) is 9.21. The first-order valence-electron chi connectivity index (χ1n) is 11.1. The van der Waals surface area contributed by atoms with Gasteiger partial charge in [-0.15, -0.1) is 0 Å². The van der Waals surface area contributed by atoms with Crippen molar-refractivity contribution in [3.63, 3.8) is 0 Å². The van der Waals surface area contributed by atoms with Crippen LogP contribution in [0.1, 0.15) is 22.5 Å². The quantitative estimate of drug-likeness (QED) is 0.375. The van der Waals surface area contributed by atoms with Crippen LogP contribution in [0.3, 0.4) is 0 Å². The molecule has 1 aliphatic rings. The molecule has 0 saturated carbocycles. The molecular formula is C29H27N2O2+. The highest BCUT2D eigenvalue weighted by Gasteiger charge is 2.22. The van der Waals surface area contributed by atoms with E-state index in [1.54, 1.807) is 14.2 Å². The zero-order valence-electron chi connectivity index (χ0n) is 18.9. The molecule has 0 atom stereocenters. The molecule has 0 unspecified atom stereocenters. The van der Waals surface area contributed by atoms with Gasteiger partial charge in [0.1, 0.15) is 37.0 Å². The van der Waals surface area contributed by atoms with Gasteiger partial charge >= 0.3 is 0 Å². The first kappa shape index (κ1) is 20.8. The lowest BCUT2D eigenvalue weighted by atomic mass is 9.99. The van der Waals surface area contributed by atoms with Crippen molar-refractivity contribution in [3.8, 4) is 11.5 Å². The molecular weight excluding hydrogens is 408 g/mol. The summed E-state index contributed by atoms with van der Waals surface area (Å²) >= 11 is 0.